The van der Waals surface area contributed by atoms with Gasteiger partial charge in [-0.25, -0.2) is 4.52 Å². The molecule has 1 atom stereocenters. The van der Waals surface area contributed by atoms with Crippen molar-refractivity contribution in [2.24, 2.45) is 0 Å². The lowest BCUT2D eigenvalue weighted by Crippen LogP contribution is -2.36. The number of pyridine rings is 1. The fourth-order valence-corrected chi connectivity index (χ4v) is 3.52. The molecule has 1 aliphatic heterocycles. The van der Waals surface area contributed by atoms with Gasteiger partial charge in [0.05, 0.1) is 11.1 Å². The Kier molecular flexibility index (Phi) is 3.36. The average Bonchev–Trinajstić information content (AvgIpc) is 3.39. The number of rotatable bonds is 3. The fraction of sp³-hybridized carbons (Fsp3) is 0.200. The molecule has 0 spiro atoms. The zero-order valence-corrected chi connectivity index (χ0v) is 14.7. The maximum absolute atomic E-state index is 11.7. The van der Waals surface area contributed by atoms with Crippen LogP contribution in [0, 0.1) is 0 Å². The van der Waals surface area contributed by atoms with Crippen molar-refractivity contribution < 1.29 is 9.32 Å². The van der Waals surface area contributed by atoms with Gasteiger partial charge in [-0.05, 0) is 25.5 Å². The highest BCUT2D eigenvalue weighted by atomic mass is 16.5. The Labute approximate surface area is 155 Å². The van der Waals surface area contributed by atoms with Crippen molar-refractivity contribution >= 4 is 11.4 Å². The maximum Gasteiger partial charge on any atom is 0.262 e. The quantitative estimate of drug-likeness (QED) is 0.607. The van der Waals surface area contributed by atoms with E-state index in [-0.39, 0.29) is 5.91 Å². The number of carbonyl (C=O) groups excluding carboxylic acids is 1. The molecule has 7 nitrogen and oxygen atoms in total. The van der Waals surface area contributed by atoms with Gasteiger partial charge in [-0.15, -0.1) is 0 Å². The zero-order valence-electron chi connectivity index (χ0n) is 14.7. The third-order valence-corrected chi connectivity index (χ3v) is 4.99. The Morgan fingerprint density at radius 2 is 1.96 bits per heavy atom. The van der Waals surface area contributed by atoms with Crippen LogP contribution in [0.1, 0.15) is 25.6 Å². The van der Waals surface area contributed by atoms with Crippen molar-refractivity contribution in [1.82, 2.24) is 25.1 Å². The third kappa shape index (κ3) is 2.51. The number of amides is 1. The van der Waals surface area contributed by atoms with Gasteiger partial charge >= 0.3 is 0 Å². The van der Waals surface area contributed by atoms with Crippen LogP contribution in [0.4, 0.5) is 0 Å². The van der Waals surface area contributed by atoms with Gasteiger partial charge in [-0.1, -0.05) is 41.6 Å². The second-order valence-electron chi connectivity index (χ2n) is 6.92. The van der Waals surface area contributed by atoms with E-state index in [9.17, 15) is 4.79 Å². The number of fused-ring (bicyclic) bond motifs is 1. The topological polar surface area (TPSA) is 85.3 Å². The van der Waals surface area contributed by atoms with Gasteiger partial charge in [0.25, 0.3) is 5.89 Å². The summed E-state index contributed by atoms with van der Waals surface area (Å²) in [6.45, 7) is 1.92. The molecule has 4 aromatic rings. The molecule has 1 aromatic carbocycles. The summed E-state index contributed by atoms with van der Waals surface area (Å²) >= 11 is 0. The highest BCUT2D eigenvalue weighted by Crippen LogP contribution is 2.36. The summed E-state index contributed by atoms with van der Waals surface area (Å²) in [7, 11) is 0. The molecule has 134 valence electrons. The van der Waals surface area contributed by atoms with E-state index in [0.29, 0.717) is 24.6 Å². The van der Waals surface area contributed by atoms with Crippen molar-refractivity contribution in [2.45, 2.75) is 25.3 Å². The van der Waals surface area contributed by atoms with Gasteiger partial charge in [0.1, 0.15) is 11.2 Å². The van der Waals surface area contributed by atoms with Crippen molar-refractivity contribution in [1.29, 1.82) is 0 Å². The van der Waals surface area contributed by atoms with Gasteiger partial charge in [0, 0.05) is 18.2 Å². The van der Waals surface area contributed by atoms with Crippen LogP contribution < -0.4 is 5.32 Å². The molecular weight excluding hydrogens is 342 g/mol. The number of aromatic nitrogens is 4. The molecule has 1 saturated heterocycles. The summed E-state index contributed by atoms with van der Waals surface area (Å²) in [6.07, 6.45) is 3.00. The van der Waals surface area contributed by atoms with Gasteiger partial charge in [-0.3, -0.25) is 4.79 Å². The van der Waals surface area contributed by atoms with E-state index in [1.165, 1.54) is 0 Å². The van der Waals surface area contributed by atoms with Gasteiger partial charge in [0.15, 0.2) is 5.82 Å². The summed E-state index contributed by atoms with van der Waals surface area (Å²) in [5.41, 5.74) is 2.81. The smallest absolute Gasteiger partial charge is 0.262 e. The normalized spacial score (nSPS) is 19.5. The van der Waals surface area contributed by atoms with E-state index in [2.05, 4.69) is 15.5 Å². The maximum atomic E-state index is 11.7. The molecule has 0 bridgehead atoms. The molecular formula is C20H17N5O2. The molecule has 0 saturated carbocycles. The van der Waals surface area contributed by atoms with Gasteiger partial charge in [0.2, 0.25) is 5.91 Å². The SMILES string of the molecule is CC1(c2noc(-c3c(-c4ccccc4)nn4ccccc34)n2)CCC(=O)N1. The number of carbonyl (C=O) groups is 1. The minimum absolute atomic E-state index is 0.00445. The zero-order chi connectivity index (χ0) is 18.4. The number of hydrogen-bond donors (Lipinski definition) is 1. The second-order valence-corrected chi connectivity index (χ2v) is 6.92. The lowest BCUT2D eigenvalue weighted by atomic mass is 10.00. The van der Waals surface area contributed by atoms with Crippen molar-refractivity contribution in [3.05, 3.63) is 60.6 Å². The van der Waals surface area contributed by atoms with E-state index in [0.717, 1.165) is 22.3 Å². The lowest BCUT2D eigenvalue weighted by Gasteiger charge is -2.18. The van der Waals surface area contributed by atoms with E-state index < -0.39 is 5.54 Å². The minimum atomic E-state index is -0.602. The first-order chi connectivity index (χ1) is 13.1. The van der Waals surface area contributed by atoms with Crippen LogP contribution in [0.2, 0.25) is 0 Å². The molecule has 1 N–H and O–H groups in total. The molecule has 0 aliphatic carbocycles. The molecule has 1 amide bonds. The first-order valence-corrected chi connectivity index (χ1v) is 8.82. The minimum Gasteiger partial charge on any atom is -0.343 e. The molecule has 1 fully saturated rings. The lowest BCUT2D eigenvalue weighted by molar-refractivity contribution is -0.119. The Hall–Kier alpha value is -3.48. The fourth-order valence-electron chi connectivity index (χ4n) is 3.52. The molecule has 1 aliphatic rings. The Balaban J connectivity index is 1.68. The number of benzene rings is 1. The molecule has 27 heavy (non-hydrogen) atoms. The highest BCUT2D eigenvalue weighted by molar-refractivity contribution is 5.89. The van der Waals surface area contributed by atoms with Crippen molar-refractivity contribution in [3.8, 4) is 22.7 Å². The van der Waals surface area contributed by atoms with Gasteiger partial charge < -0.3 is 9.84 Å². The van der Waals surface area contributed by atoms with Crippen LogP contribution >= 0.6 is 0 Å². The van der Waals surface area contributed by atoms with E-state index in [1.54, 1.807) is 4.52 Å². The van der Waals surface area contributed by atoms with E-state index in [4.69, 9.17) is 9.62 Å². The van der Waals surface area contributed by atoms with Crippen LogP contribution in [0.15, 0.2) is 59.3 Å². The predicted octanol–water partition coefficient (Wildman–Crippen LogP) is 3.18. The van der Waals surface area contributed by atoms with Crippen molar-refractivity contribution in [2.75, 3.05) is 0 Å². The number of nitrogens with one attached hydrogen (secondary N) is 1. The summed E-state index contributed by atoms with van der Waals surface area (Å²) in [5, 5.41) is 11.8. The average molecular weight is 359 g/mol. The summed E-state index contributed by atoms with van der Waals surface area (Å²) in [4.78, 5) is 16.3. The molecule has 0 radical (unpaired) electrons. The molecule has 1 unspecified atom stereocenters. The molecule has 4 heterocycles. The Bertz CT molecular complexity index is 1150. The molecule has 7 heteroatoms. The van der Waals surface area contributed by atoms with Gasteiger partial charge in [-0.2, -0.15) is 10.1 Å². The van der Waals surface area contributed by atoms with Crippen molar-refractivity contribution in [3.63, 3.8) is 0 Å². The number of nitrogens with zero attached hydrogens (tertiary/aromatic N) is 4. The predicted molar refractivity (Wildman–Crippen MR) is 98.6 cm³/mol. The van der Waals surface area contributed by atoms with Crippen LogP contribution in [0.5, 0.6) is 0 Å². The summed E-state index contributed by atoms with van der Waals surface area (Å²) in [6, 6.07) is 15.8. The Morgan fingerprint density at radius 3 is 2.74 bits per heavy atom. The monoisotopic (exact) mass is 359 g/mol. The highest BCUT2D eigenvalue weighted by Gasteiger charge is 2.39. The number of hydrogen-bond acceptors (Lipinski definition) is 5. The first kappa shape index (κ1) is 15.7. The standard InChI is InChI=1S/C20H17N5O2/c1-20(11-10-15(26)22-20)19-21-18(27-24-19)16-14-9-5-6-12-25(14)23-17(16)13-7-3-2-4-8-13/h2-9,12H,10-11H2,1H3,(H,22,26). The largest absolute Gasteiger partial charge is 0.343 e. The van der Waals surface area contributed by atoms with Crippen LogP contribution in [0.25, 0.3) is 28.2 Å². The van der Waals surface area contributed by atoms with E-state index in [1.807, 2.05) is 61.7 Å². The molecule has 3 aromatic heterocycles. The van der Waals surface area contributed by atoms with Crippen LogP contribution in [-0.4, -0.2) is 25.7 Å². The third-order valence-electron chi connectivity index (χ3n) is 4.99. The summed E-state index contributed by atoms with van der Waals surface area (Å²) in [5.74, 6) is 0.884. The second kappa shape index (κ2) is 5.77. The van der Waals surface area contributed by atoms with Crippen LogP contribution in [0.3, 0.4) is 0 Å². The van der Waals surface area contributed by atoms with Crippen LogP contribution in [-0.2, 0) is 10.3 Å². The molecule has 5 rings (SSSR count). The first-order valence-electron chi connectivity index (χ1n) is 8.82. The Morgan fingerprint density at radius 1 is 1.15 bits per heavy atom. The summed E-state index contributed by atoms with van der Waals surface area (Å²) < 4.78 is 7.43. The van der Waals surface area contributed by atoms with E-state index >= 15 is 0 Å².